The van der Waals surface area contributed by atoms with Crippen molar-refractivity contribution in [3.8, 4) is 0 Å². The summed E-state index contributed by atoms with van der Waals surface area (Å²) in [5, 5.41) is 0. The maximum atomic E-state index is 12.3. The summed E-state index contributed by atoms with van der Waals surface area (Å²) in [4.78, 5) is 11.8. The van der Waals surface area contributed by atoms with E-state index < -0.39 is 0 Å². The normalized spacial score (nSPS) is 31.7. The zero-order valence-electron chi connectivity index (χ0n) is 13.1. The Morgan fingerprint density at radius 2 is 1.60 bits per heavy atom. The minimum Gasteiger partial charge on any atom is -0.303 e. The van der Waals surface area contributed by atoms with Gasteiger partial charge in [-0.15, -0.1) is 0 Å². The van der Waals surface area contributed by atoms with Crippen molar-refractivity contribution in [2.45, 2.75) is 77.6 Å². The minimum absolute atomic E-state index is 0.0918. The number of hydrogen-bond acceptors (Lipinski definition) is 1. The zero-order valence-corrected chi connectivity index (χ0v) is 13.1. The highest BCUT2D eigenvalue weighted by Crippen LogP contribution is 2.48. The van der Waals surface area contributed by atoms with E-state index in [1.165, 1.54) is 64.1 Å². The average Bonchev–Trinajstić information content (AvgIpc) is 2.53. The van der Waals surface area contributed by atoms with Gasteiger partial charge in [0.2, 0.25) is 0 Å². The van der Waals surface area contributed by atoms with Crippen LogP contribution in [0.25, 0.3) is 0 Å². The maximum absolute atomic E-state index is 12.3. The summed E-state index contributed by atoms with van der Waals surface area (Å²) in [5.41, 5.74) is -0.0918. The van der Waals surface area contributed by atoms with Gasteiger partial charge in [-0.1, -0.05) is 39.0 Å². The van der Waals surface area contributed by atoms with Crippen molar-refractivity contribution in [3.63, 3.8) is 0 Å². The molecule has 0 amide bonds. The second kappa shape index (κ2) is 7.56. The molecular formula is C18H31FO. The molecule has 0 saturated heterocycles. The first-order valence-electron chi connectivity index (χ1n) is 8.73. The largest absolute Gasteiger partial charge is 0.303 e. The molecule has 2 heteroatoms. The van der Waals surface area contributed by atoms with E-state index in [9.17, 15) is 9.18 Å². The van der Waals surface area contributed by atoms with Crippen molar-refractivity contribution < 1.29 is 9.18 Å². The average molecular weight is 282 g/mol. The summed E-state index contributed by atoms with van der Waals surface area (Å²) in [5.74, 6) is 1.90. The Hall–Kier alpha value is -0.400. The molecule has 2 saturated carbocycles. The molecule has 2 aliphatic carbocycles. The van der Waals surface area contributed by atoms with Gasteiger partial charge >= 0.3 is 0 Å². The Kier molecular flexibility index (Phi) is 6.04. The van der Waals surface area contributed by atoms with Gasteiger partial charge in [-0.25, -0.2) is 0 Å². The Morgan fingerprint density at radius 1 is 1.00 bits per heavy atom. The van der Waals surface area contributed by atoms with E-state index >= 15 is 0 Å². The first-order valence-corrected chi connectivity index (χ1v) is 8.73. The second-order valence-corrected chi connectivity index (χ2v) is 7.37. The van der Waals surface area contributed by atoms with Gasteiger partial charge in [0, 0.05) is 5.41 Å². The number of carbonyl (C=O) groups is 1. The fourth-order valence-electron chi connectivity index (χ4n) is 4.69. The lowest BCUT2D eigenvalue weighted by Crippen LogP contribution is -2.40. The number of halogens is 1. The fourth-order valence-corrected chi connectivity index (χ4v) is 4.69. The summed E-state index contributed by atoms with van der Waals surface area (Å²) < 4.78 is 12.3. The summed E-state index contributed by atoms with van der Waals surface area (Å²) >= 11 is 0. The van der Waals surface area contributed by atoms with Gasteiger partial charge in [0.05, 0.1) is 6.67 Å². The summed E-state index contributed by atoms with van der Waals surface area (Å²) in [6, 6.07) is 0. The minimum atomic E-state index is -0.173. The van der Waals surface area contributed by atoms with Crippen molar-refractivity contribution in [3.05, 3.63) is 0 Å². The van der Waals surface area contributed by atoms with Gasteiger partial charge in [0.15, 0.2) is 0 Å². The van der Waals surface area contributed by atoms with Crippen molar-refractivity contribution in [1.29, 1.82) is 0 Å². The van der Waals surface area contributed by atoms with Gasteiger partial charge in [-0.05, 0) is 56.3 Å². The molecule has 1 nitrogen and oxygen atoms in total. The van der Waals surface area contributed by atoms with Gasteiger partial charge < -0.3 is 4.79 Å². The molecule has 2 aliphatic rings. The molecule has 0 aromatic rings. The molecule has 0 radical (unpaired) electrons. The molecule has 0 aromatic carbocycles. The molecule has 0 N–H and O–H groups in total. The lowest BCUT2D eigenvalue weighted by Gasteiger charge is -2.44. The van der Waals surface area contributed by atoms with Crippen LogP contribution in [0.1, 0.15) is 77.6 Å². The predicted molar refractivity (Wildman–Crippen MR) is 81.4 cm³/mol. The molecule has 0 spiro atoms. The smallest absolute Gasteiger partial charge is 0.126 e. The molecule has 1 atom stereocenters. The van der Waals surface area contributed by atoms with Gasteiger partial charge in [0.25, 0.3) is 0 Å². The van der Waals surface area contributed by atoms with E-state index in [1.807, 2.05) is 0 Å². The topological polar surface area (TPSA) is 17.1 Å². The third-order valence-electron chi connectivity index (χ3n) is 6.21. The molecule has 20 heavy (non-hydrogen) atoms. The van der Waals surface area contributed by atoms with E-state index in [1.54, 1.807) is 0 Å². The van der Waals surface area contributed by atoms with E-state index in [2.05, 4.69) is 6.92 Å². The number of rotatable bonds is 6. The van der Waals surface area contributed by atoms with Crippen molar-refractivity contribution >= 4 is 6.29 Å². The number of alkyl halides is 1. The number of hydrogen-bond donors (Lipinski definition) is 0. The molecule has 2 fully saturated rings. The molecule has 1 unspecified atom stereocenters. The lowest BCUT2D eigenvalue weighted by molar-refractivity contribution is -0.124. The van der Waals surface area contributed by atoms with Crippen molar-refractivity contribution in [2.24, 2.45) is 23.2 Å². The van der Waals surface area contributed by atoms with Crippen LogP contribution in [0.2, 0.25) is 0 Å². The monoisotopic (exact) mass is 282 g/mol. The standard InChI is InChI=1S/C18H31FO/c1-18(14-20,16-7-3-2-4-8-16)17-11-9-15(10-12-17)6-5-13-19/h14-17H,2-13H2,1H3/t15-,17-,18?. The first kappa shape index (κ1) is 16.0. The van der Waals surface area contributed by atoms with Crippen LogP contribution in [-0.2, 0) is 4.79 Å². The van der Waals surface area contributed by atoms with Crippen LogP contribution in [0.15, 0.2) is 0 Å². The predicted octanol–water partition coefficient (Wildman–Crippen LogP) is 5.33. The molecule has 0 aliphatic heterocycles. The van der Waals surface area contributed by atoms with E-state index in [4.69, 9.17) is 0 Å². The summed E-state index contributed by atoms with van der Waals surface area (Å²) in [7, 11) is 0. The second-order valence-electron chi connectivity index (χ2n) is 7.37. The fraction of sp³-hybridized carbons (Fsp3) is 0.944. The zero-order chi connectivity index (χ0) is 14.4. The van der Waals surface area contributed by atoms with E-state index in [0.29, 0.717) is 17.8 Å². The first-order chi connectivity index (χ1) is 9.70. The molecule has 2 rings (SSSR count). The maximum Gasteiger partial charge on any atom is 0.126 e. The van der Waals surface area contributed by atoms with Gasteiger partial charge in [0.1, 0.15) is 6.29 Å². The third-order valence-corrected chi connectivity index (χ3v) is 6.21. The highest BCUT2D eigenvalue weighted by Gasteiger charge is 2.42. The highest BCUT2D eigenvalue weighted by atomic mass is 19.1. The Labute approximate surface area is 123 Å². The van der Waals surface area contributed by atoms with E-state index in [-0.39, 0.29) is 12.1 Å². The number of carbonyl (C=O) groups excluding carboxylic acids is 1. The van der Waals surface area contributed by atoms with E-state index in [0.717, 1.165) is 12.8 Å². The van der Waals surface area contributed by atoms with Crippen LogP contribution < -0.4 is 0 Å². The number of aldehydes is 1. The van der Waals surface area contributed by atoms with Crippen LogP contribution >= 0.6 is 0 Å². The Morgan fingerprint density at radius 3 is 2.15 bits per heavy atom. The summed E-state index contributed by atoms with van der Waals surface area (Å²) in [6.07, 6.45) is 14.3. The van der Waals surface area contributed by atoms with Crippen LogP contribution in [0.4, 0.5) is 4.39 Å². The summed E-state index contributed by atoms with van der Waals surface area (Å²) in [6.45, 7) is 2.05. The van der Waals surface area contributed by atoms with Crippen LogP contribution in [0, 0.1) is 23.2 Å². The Bertz CT molecular complexity index is 290. The molecule has 116 valence electrons. The van der Waals surface area contributed by atoms with Crippen LogP contribution in [0.3, 0.4) is 0 Å². The molecule has 0 bridgehead atoms. The van der Waals surface area contributed by atoms with Gasteiger partial charge in [-0.3, -0.25) is 4.39 Å². The molecule has 0 heterocycles. The molecular weight excluding hydrogens is 251 g/mol. The SMILES string of the molecule is CC(C=O)(C1CCCCC1)[C@H]1CC[C@H](CCCF)CC1. The lowest BCUT2D eigenvalue weighted by atomic mass is 9.59. The molecule has 0 aromatic heterocycles. The van der Waals surface area contributed by atoms with Crippen molar-refractivity contribution in [2.75, 3.05) is 6.67 Å². The van der Waals surface area contributed by atoms with Crippen LogP contribution in [0.5, 0.6) is 0 Å². The van der Waals surface area contributed by atoms with Crippen molar-refractivity contribution in [1.82, 2.24) is 0 Å². The third kappa shape index (κ3) is 3.62. The quantitative estimate of drug-likeness (QED) is 0.602. The van der Waals surface area contributed by atoms with Crippen LogP contribution in [-0.4, -0.2) is 13.0 Å². The van der Waals surface area contributed by atoms with Gasteiger partial charge in [-0.2, -0.15) is 0 Å². The highest BCUT2D eigenvalue weighted by molar-refractivity contribution is 5.60. The Balaban J connectivity index is 1.90.